The molecule has 5 aromatic rings. The van der Waals surface area contributed by atoms with Gasteiger partial charge in [-0.15, -0.1) is 0 Å². The van der Waals surface area contributed by atoms with E-state index in [2.05, 4.69) is 65.0 Å². The first-order chi connectivity index (χ1) is 25.5. The second-order valence-corrected chi connectivity index (χ2v) is 12.9. The van der Waals surface area contributed by atoms with Gasteiger partial charge in [-0.25, -0.2) is 18.7 Å². The number of carbonyl (C=O) groups is 1. The number of rotatable bonds is 18. The lowest BCUT2D eigenvalue weighted by Gasteiger charge is -2.09. The van der Waals surface area contributed by atoms with Crippen LogP contribution in [0.2, 0.25) is 0 Å². The fourth-order valence-corrected chi connectivity index (χ4v) is 5.65. The van der Waals surface area contributed by atoms with Crippen LogP contribution < -0.4 is 37.7 Å². The Balaban J connectivity index is 0.000000258. The Morgan fingerprint density at radius 1 is 0.774 bits per heavy atom. The number of unbranched alkanes of at least 4 members (excludes halogenated alkanes) is 4. The van der Waals surface area contributed by atoms with Gasteiger partial charge in [0.05, 0.1) is 13.2 Å². The highest BCUT2D eigenvalue weighted by molar-refractivity contribution is 9.10. The number of benzene rings is 1. The van der Waals surface area contributed by atoms with Crippen LogP contribution in [0.3, 0.4) is 0 Å². The van der Waals surface area contributed by atoms with Crippen molar-refractivity contribution in [2.24, 2.45) is 5.73 Å². The van der Waals surface area contributed by atoms with E-state index in [1.54, 1.807) is 0 Å². The predicted octanol–water partition coefficient (Wildman–Crippen LogP) is 5.06. The lowest BCUT2D eigenvalue weighted by Crippen LogP contribution is -2.25. The topological polar surface area (TPSA) is 239 Å². The molecule has 4 aromatic heterocycles. The number of imidazole rings is 2. The lowest BCUT2D eigenvalue weighted by molar-refractivity contribution is 0.0952. The van der Waals surface area contributed by atoms with Crippen molar-refractivity contribution in [2.75, 3.05) is 43.5 Å². The SMILES string of the molecule is CCCCOc1nc(N)c2nc(Br)n(CCCCN)c2n1.CCCCOc1nc(N)c2nc(C)n(CCCCNC(=O)c3cc(F)c(N)c(F)c3)c2n1. The summed E-state index contributed by atoms with van der Waals surface area (Å²) in [6.45, 7) is 9.49. The minimum Gasteiger partial charge on any atom is -0.463 e. The highest BCUT2D eigenvalue weighted by Crippen LogP contribution is 2.25. The maximum atomic E-state index is 13.5. The van der Waals surface area contributed by atoms with Gasteiger partial charge in [0.15, 0.2) is 38.7 Å². The van der Waals surface area contributed by atoms with Crippen molar-refractivity contribution in [1.29, 1.82) is 0 Å². The Kier molecular flexibility index (Phi) is 15.3. The molecule has 0 unspecified atom stereocenters. The lowest BCUT2D eigenvalue weighted by atomic mass is 10.1. The molecule has 0 bridgehead atoms. The van der Waals surface area contributed by atoms with Crippen LogP contribution in [0, 0.1) is 18.6 Å². The molecular weight excluding hydrogens is 756 g/mol. The van der Waals surface area contributed by atoms with E-state index in [0.29, 0.717) is 84.6 Å². The molecule has 288 valence electrons. The molecule has 0 saturated heterocycles. The number of nitrogens with zero attached hydrogens (tertiary/aromatic N) is 8. The molecule has 0 saturated carbocycles. The number of nitrogen functional groups attached to an aromatic ring is 3. The number of anilines is 3. The van der Waals surface area contributed by atoms with Gasteiger partial charge in [0.2, 0.25) is 0 Å². The van der Waals surface area contributed by atoms with Crippen LogP contribution in [0.4, 0.5) is 26.1 Å². The molecule has 16 nitrogen and oxygen atoms in total. The Morgan fingerprint density at radius 3 is 1.87 bits per heavy atom. The van der Waals surface area contributed by atoms with Crippen molar-refractivity contribution in [3.8, 4) is 12.0 Å². The number of carbonyl (C=O) groups excluding carboxylic acids is 1. The van der Waals surface area contributed by atoms with Gasteiger partial charge >= 0.3 is 12.0 Å². The van der Waals surface area contributed by atoms with E-state index in [1.807, 2.05) is 16.1 Å². The quantitative estimate of drug-likeness (QED) is 0.0443. The number of halogens is 3. The van der Waals surface area contributed by atoms with E-state index in [4.69, 9.17) is 32.4 Å². The van der Waals surface area contributed by atoms with Gasteiger partial charge in [-0.3, -0.25) is 4.79 Å². The molecular formula is C34H48BrF2N13O3. The second kappa shape index (κ2) is 19.8. The van der Waals surface area contributed by atoms with Gasteiger partial charge in [-0.05, 0) is 80.1 Å². The Hall–Kier alpha value is -4.91. The van der Waals surface area contributed by atoms with Crippen LogP contribution in [-0.4, -0.2) is 71.2 Å². The number of aromatic nitrogens is 8. The predicted molar refractivity (Wildman–Crippen MR) is 203 cm³/mol. The van der Waals surface area contributed by atoms with Crippen molar-refractivity contribution in [1.82, 2.24) is 44.4 Å². The van der Waals surface area contributed by atoms with Crippen molar-refractivity contribution in [2.45, 2.75) is 85.2 Å². The molecule has 1 aromatic carbocycles. The average Bonchev–Trinajstić information content (AvgIpc) is 3.62. The maximum Gasteiger partial charge on any atom is 0.320 e. The van der Waals surface area contributed by atoms with Crippen LogP contribution in [0.15, 0.2) is 16.9 Å². The highest BCUT2D eigenvalue weighted by Gasteiger charge is 2.17. The van der Waals surface area contributed by atoms with E-state index in [-0.39, 0.29) is 17.4 Å². The van der Waals surface area contributed by atoms with E-state index >= 15 is 0 Å². The van der Waals surface area contributed by atoms with E-state index in [1.165, 1.54) is 0 Å². The summed E-state index contributed by atoms with van der Waals surface area (Å²) in [6.07, 6.45) is 7.14. The van der Waals surface area contributed by atoms with Gasteiger partial charge in [-0.1, -0.05) is 26.7 Å². The summed E-state index contributed by atoms with van der Waals surface area (Å²) in [5.41, 5.74) is 24.4. The van der Waals surface area contributed by atoms with Crippen LogP contribution >= 0.6 is 15.9 Å². The number of hydrogen-bond donors (Lipinski definition) is 5. The summed E-state index contributed by atoms with van der Waals surface area (Å²) in [5, 5.41) is 2.65. The zero-order valence-corrected chi connectivity index (χ0v) is 31.9. The first kappa shape index (κ1) is 40.9. The Labute approximate surface area is 314 Å². The van der Waals surface area contributed by atoms with Crippen molar-refractivity contribution >= 4 is 61.5 Å². The third-order valence-electron chi connectivity index (χ3n) is 8.08. The van der Waals surface area contributed by atoms with Crippen molar-refractivity contribution < 1.29 is 23.0 Å². The van der Waals surface area contributed by atoms with Crippen LogP contribution in [0.1, 0.15) is 81.4 Å². The summed E-state index contributed by atoms with van der Waals surface area (Å²) >= 11 is 3.44. The molecule has 4 heterocycles. The zero-order valence-electron chi connectivity index (χ0n) is 30.3. The third-order valence-corrected chi connectivity index (χ3v) is 8.68. The Morgan fingerprint density at radius 2 is 1.30 bits per heavy atom. The van der Waals surface area contributed by atoms with Crippen molar-refractivity contribution in [3.05, 3.63) is 39.9 Å². The molecule has 53 heavy (non-hydrogen) atoms. The first-order valence-electron chi connectivity index (χ1n) is 17.7. The van der Waals surface area contributed by atoms with Gasteiger partial charge in [0.1, 0.15) is 23.1 Å². The molecule has 1 amide bonds. The maximum absolute atomic E-state index is 13.5. The molecule has 9 N–H and O–H groups in total. The van der Waals surface area contributed by atoms with Crippen molar-refractivity contribution in [3.63, 3.8) is 0 Å². The number of aryl methyl sites for hydroxylation is 3. The average molecular weight is 805 g/mol. The van der Waals surface area contributed by atoms with Crippen LogP contribution in [-0.2, 0) is 13.1 Å². The monoisotopic (exact) mass is 803 g/mol. The molecule has 19 heteroatoms. The number of nitrogens with two attached hydrogens (primary N) is 4. The van der Waals surface area contributed by atoms with E-state index < -0.39 is 23.2 Å². The van der Waals surface area contributed by atoms with Gasteiger partial charge in [-0.2, -0.15) is 19.9 Å². The van der Waals surface area contributed by atoms with Crippen LogP contribution in [0.5, 0.6) is 12.0 Å². The number of ether oxygens (including phenoxy) is 2. The van der Waals surface area contributed by atoms with Gasteiger partial charge in [0, 0.05) is 25.2 Å². The minimum absolute atomic E-state index is 0.117. The summed E-state index contributed by atoms with van der Waals surface area (Å²) in [6, 6.07) is 2.36. The Bertz CT molecular complexity index is 1970. The second-order valence-electron chi connectivity index (χ2n) is 12.2. The molecule has 0 fully saturated rings. The van der Waals surface area contributed by atoms with E-state index in [0.717, 1.165) is 63.0 Å². The number of hydrogen-bond acceptors (Lipinski definition) is 13. The summed E-state index contributed by atoms with van der Waals surface area (Å²) < 4.78 is 42.8. The highest BCUT2D eigenvalue weighted by atomic mass is 79.9. The summed E-state index contributed by atoms with van der Waals surface area (Å²) in [4.78, 5) is 38.1. The number of fused-ring (bicyclic) bond motifs is 2. The fraction of sp³-hybridized carbons (Fsp3) is 0.500. The standard InChI is InChI=1S/C21H27F2N7O2.C13H21BrN6O/c1-3-4-9-32-21-28-18(25)17-19(29-21)30(12(2)27-17)8-6-5-7-26-20(31)13-10-14(22)16(24)15(23)11-13;1-2-3-8-21-13-18-10(16)9-11(19-13)20(12(14)17-9)7-5-4-6-15/h10-11H,3-9,24H2,1-2H3,(H,26,31)(H2,25,28,29);2-8,15H2,1H3,(H2,16,18,19). The third kappa shape index (κ3) is 10.8. The molecule has 5 rings (SSSR count). The van der Waals surface area contributed by atoms with E-state index in [9.17, 15) is 13.6 Å². The molecule has 0 spiro atoms. The normalized spacial score (nSPS) is 11.2. The smallest absolute Gasteiger partial charge is 0.320 e. The zero-order chi connectivity index (χ0) is 38.5. The van der Waals surface area contributed by atoms with Gasteiger partial charge in [0.25, 0.3) is 5.91 Å². The van der Waals surface area contributed by atoms with Crippen LogP contribution in [0.25, 0.3) is 22.3 Å². The molecule has 0 aliphatic carbocycles. The van der Waals surface area contributed by atoms with Gasteiger partial charge < -0.3 is 46.9 Å². The molecule has 0 aliphatic rings. The fourth-order valence-electron chi connectivity index (χ4n) is 5.12. The minimum atomic E-state index is -0.961. The molecule has 0 radical (unpaired) electrons. The number of amides is 1. The largest absolute Gasteiger partial charge is 0.463 e. The number of nitrogens with one attached hydrogen (secondary N) is 1. The summed E-state index contributed by atoms with van der Waals surface area (Å²) in [5.74, 6) is -1.15. The first-order valence-corrected chi connectivity index (χ1v) is 18.5. The molecule has 0 atom stereocenters. The summed E-state index contributed by atoms with van der Waals surface area (Å²) in [7, 11) is 0. The molecule has 0 aliphatic heterocycles.